The quantitative estimate of drug-likeness (QED) is 0.858. The summed E-state index contributed by atoms with van der Waals surface area (Å²) in [5.41, 5.74) is 0.583. The largest absolute Gasteiger partial charge is 0.338 e. The monoisotopic (exact) mass is 334 g/mol. The average Bonchev–Trinajstić information content (AvgIpc) is 3.40. The van der Waals surface area contributed by atoms with E-state index >= 15 is 0 Å². The van der Waals surface area contributed by atoms with Crippen molar-refractivity contribution >= 4 is 17.6 Å². The number of anilines is 1. The molecule has 7 heteroatoms. The Morgan fingerprint density at radius 1 is 1.08 bits per heavy atom. The van der Waals surface area contributed by atoms with Crippen LogP contribution in [0.15, 0.2) is 24.3 Å². The fraction of sp³-hybridized carbons (Fsp3) is 0.529. The molecule has 0 aromatic heterocycles. The van der Waals surface area contributed by atoms with E-state index in [1.165, 1.54) is 37.1 Å². The zero-order chi connectivity index (χ0) is 16.9. The van der Waals surface area contributed by atoms with Crippen LogP contribution in [0.25, 0.3) is 0 Å². The van der Waals surface area contributed by atoms with Gasteiger partial charge in [-0.25, -0.2) is 9.18 Å². The van der Waals surface area contributed by atoms with Gasteiger partial charge in [0.1, 0.15) is 5.82 Å². The van der Waals surface area contributed by atoms with E-state index < -0.39 is 0 Å². The number of amides is 3. The molecule has 1 aliphatic heterocycles. The van der Waals surface area contributed by atoms with Gasteiger partial charge in [0, 0.05) is 38.4 Å². The van der Waals surface area contributed by atoms with Gasteiger partial charge >= 0.3 is 6.03 Å². The summed E-state index contributed by atoms with van der Waals surface area (Å²) in [6, 6.07) is 5.70. The second kappa shape index (κ2) is 7.61. The van der Waals surface area contributed by atoms with Crippen molar-refractivity contribution < 1.29 is 14.0 Å². The first-order valence-electron chi connectivity index (χ1n) is 8.41. The molecule has 1 aromatic carbocycles. The lowest BCUT2D eigenvalue weighted by molar-refractivity contribution is -0.117. The van der Waals surface area contributed by atoms with Crippen LogP contribution in [-0.4, -0.2) is 61.0 Å². The first-order chi connectivity index (χ1) is 11.6. The summed E-state index contributed by atoms with van der Waals surface area (Å²) in [4.78, 5) is 27.9. The molecule has 130 valence electrons. The minimum absolute atomic E-state index is 0.00249. The van der Waals surface area contributed by atoms with Gasteiger partial charge in [-0.05, 0) is 43.0 Å². The van der Waals surface area contributed by atoms with Crippen molar-refractivity contribution in [2.75, 3.05) is 44.6 Å². The van der Waals surface area contributed by atoms with Crippen molar-refractivity contribution in [2.45, 2.75) is 12.8 Å². The molecule has 0 spiro atoms. The number of hydrogen-bond acceptors (Lipinski definition) is 3. The van der Waals surface area contributed by atoms with Gasteiger partial charge < -0.3 is 15.5 Å². The molecule has 2 aliphatic rings. The Hall–Kier alpha value is -2.15. The number of hydrogen-bond donors (Lipinski definition) is 2. The van der Waals surface area contributed by atoms with Crippen molar-refractivity contribution in [1.29, 1.82) is 0 Å². The van der Waals surface area contributed by atoms with Crippen LogP contribution in [0.2, 0.25) is 0 Å². The van der Waals surface area contributed by atoms with Gasteiger partial charge in [0.25, 0.3) is 0 Å². The predicted molar refractivity (Wildman–Crippen MR) is 89.2 cm³/mol. The van der Waals surface area contributed by atoms with Crippen LogP contribution in [0.4, 0.5) is 14.9 Å². The topological polar surface area (TPSA) is 64.7 Å². The lowest BCUT2D eigenvalue weighted by Gasteiger charge is -2.34. The van der Waals surface area contributed by atoms with Crippen molar-refractivity contribution in [3.8, 4) is 0 Å². The molecule has 2 N–H and O–H groups in total. The molecule has 2 fully saturated rings. The first kappa shape index (κ1) is 16.7. The van der Waals surface area contributed by atoms with Gasteiger partial charge in [0.2, 0.25) is 5.91 Å². The van der Waals surface area contributed by atoms with Crippen LogP contribution >= 0.6 is 0 Å². The minimum Gasteiger partial charge on any atom is -0.338 e. The molecule has 6 nitrogen and oxygen atoms in total. The fourth-order valence-corrected chi connectivity index (χ4v) is 2.71. The molecule has 24 heavy (non-hydrogen) atoms. The summed E-state index contributed by atoms with van der Waals surface area (Å²) < 4.78 is 12.8. The summed E-state index contributed by atoms with van der Waals surface area (Å²) in [6.07, 6.45) is 2.44. The Morgan fingerprint density at radius 3 is 2.38 bits per heavy atom. The van der Waals surface area contributed by atoms with Crippen LogP contribution in [-0.2, 0) is 4.79 Å². The zero-order valence-electron chi connectivity index (χ0n) is 13.6. The third kappa shape index (κ3) is 4.92. The maximum atomic E-state index is 12.8. The molecular formula is C17H23FN4O2. The van der Waals surface area contributed by atoms with Crippen molar-refractivity contribution in [2.24, 2.45) is 5.92 Å². The summed E-state index contributed by atoms with van der Waals surface area (Å²) >= 11 is 0. The van der Waals surface area contributed by atoms with Gasteiger partial charge in [-0.2, -0.15) is 0 Å². The minimum atomic E-state index is -0.330. The SMILES string of the molecule is O=C(CN1CCN(C(=O)NCC2CC2)CC1)Nc1ccc(F)cc1. The molecule has 1 saturated carbocycles. The Bertz CT molecular complexity index is 581. The number of halogens is 1. The highest BCUT2D eigenvalue weighted by Gasteiger charge is 2.25. The van der Waals surface area contributed by atoms with Gasteiger partial charge in [-0.3, -0.25) is 9.69 Å². The second-order valence-corrected chi connectivity index (χ2v) is 6.45. The summed E-state index contributed by atoms with van der Waals surface area (Å²) in [7, 11) is 0. The summed E-state index contributed by atoms with van der Waals surface area (Å²) in [6.45, 7) is 3.65. The Balaban J connectivity index is 1.37. The standard InChI is InChI=1S/C17H23FN4O2/c18-14-3-5-15(6-4-14)20-16(23)12-21-7-9-22(10-8-21)17(24)19-11-13-1-2-13/h3-6,13H,1-2,7-12H2,(H,19,24)(H,20,23). The number of carbonyl (C=O) groups excluding carboxylic acids is 2. The molecule has 1 heterocycles. The van der Waals surface area contributed by atoms with E-state index in [-0.39, 0.29) is 24.3 Å². The fourth-order valence-electron chi connectivity index (χ4n) is 2.71. The average molecular weight is 334 g/mol. The molecule has 0 atom stereocenters. The van der Waals surface area contributed by atoms with E-state index in [4.69, 9.17) is 0 Å². The summed E-state index contributed by atoms with van der Waals surface area (Å²) in [5.74, 6) is 0.211. The molecule has 1 saturated heterocycles. The highest BCUT2D eigenvalue weighted by molar-refractivity contribution is 5.92. The number of nitrogens with zero attached hydrogens (tertiary/aromatic N) is 2. The smallest absolute Gasteiger partial charge is 0.317 e. The van der Waals surface area contributed by atoms with E-state index in [0.717, 1.165) is 6.54 Å². The molecule has 3 rings (SSSR count). The van der Waals surface area contributed by atoms with Crippen molar-refractivity contribution in [1.82, 2.24) is 15.1 Å². The van der Waals surface area contributed by atoms with Gasteiger partial charge in [0.15, 0.2) is 0 Å². The Labute approximate surface area is 141 Å². The number of rotatable bonds is 5. The van der Waals surface area contributed by atoms with E-state index in [0.29, 0.717) is 37.8 Å². The molecule has 3 amide bonds. The maximum Gasteiger partial charge on any atom is 0.317 e. The number of urea groups is 1. The molecule has 0 bridgehead atoms. The molecule has 1 aromatic rings. The van der Waals surface area contributed by atoms with E-state index in [2.05, 4.69) is 10.6 Å². The third-order valence-electron chi connectivity index (χ3n) is 4.39. The maximum absolute atomic E-state index is 12.8. The lowest BCUT2D eigenvalue weighted by atomic mass is 10.3. The Kier molecular flexibility index (Phi) is 5.30. The highest BCUT2D eigenvalue weighted by atomic mass is 19.1. The third-order valence-corrected chi connectivity index (χ3v) is 4.39. The van der Waals surface area contributed by atoms with Gasteiger partial charge in [0.05, 0.1) is 6.54 Å². The Morgan fingerprint density at radius 2 is 1.75 bits per heavy atom. The zero-order valence-corrected chi connectivity index (χ0v) is 13.6. The van der Waals surface area contributed by atoms with E-state index in [9.17, 15) is 14.0 Å². The highest BCUT2D eigenvalue weighted by Crippen LogP contribution is 2.27. The lowest BCUT2D eigenvalue weighted by Crippen LogP contribution is -2.53. The predicted octanol–water partition coefficient (Wildman–Crippen LogP) is 1.50. The van der Waals surface area contributed by atoms with Crippen LogP contribution in [0.5, 0.6) is 0 Å². The van der Waals surface area contributed by atoms with Crippen LogP contribution in [0.3, 0.4) is 0 Å². The van der Waals surface area contributed by atoms with E-state index in [1.807, 2.05) is 4.90 Å². The molecule has 1 aliphatic carbocycles. The van der Waals surface area contributed by atoms with Crippen molar-refractivity contribution in [3.05, 3.63) is 30.1 Å². The second-order valence-electron chi connectivity index (χ2n) is 6.45. The van der Waals surface area contributed by atoms with Crippen LogP contribution < -0.4 is 10.6 Å². The van der Waals surface area contributed by atoms with Crippen molar-refractivity contribution in [3.63, 3.8) is 0 Å². The summed E-state index contributed by atoms with van der Waals surface area (Å²) in [5, 5.41) is 5.72. The number of carbonyl (C=O) groups is 2. The van der Waals surface area contributed by atoms with Gasteiger partial charge in [-0.15, -0.1) is 0 Å². The van der Waals surface area contributed by atoms with Gasteiger partial charge in [-0.1, -0.05) is 0 Å². The number of piperazine rings is 1. The normalized spacial score (nSPS) is 18.3. The number of nitrogens with one attached hydrogen (secondary N) is 2. The molecule has 0 radical (unpaired) electrons. The first-order valence-corrected chi connectivity index (χ1v) is 8.41. The van der Waals surface area contributed by atoms with E-state index in [1.54, 1.807) is 4.90 Å². The van der Waals surface area contributed by atoms with Crippen LogP contribution in [0.1, 0.15) is 12.8 Å². The van der Waals surface area contributed by atoms with Crippen LogP contribution in [0, 0.1) is 11.7 Å². The molecular weight excluding hydrogens is 311 g/mol. The number of benzene rings is 1. The molecule has 0 unspecified atom stereocenters.